The second-order valence-corrected chi connectivity index (χ2v) is 8.11. The lowest BCUT2D eigenvalue weighted by molar-refractivity contribution is 0.175. The van der Waals surface area contributed by atoms with Gasteiger partial charge >= 0.3 is 6.03 Å². The second kappa shape index (κ2) is 7.47. The maximum Gasteiger partial charge on any atom is 0.318 e. The Bertz CT molecular complexity index is 1020. The van der Waals surface area contributed by atoms with Crippen LogP contribution < -0.4 is 10.1 Å². The van der Waals surface area contributed by atoms with E-state index in [2.05, 4.69) is 46.7 Å². The number of fused-ring (bicyclic) bond motifs is 3. The van der Waals surface area contributed by atoms with E-state index >= 15 is 0 Å². The monoisotopic (exact) mass is 389 g/mol. The first kappa shape index (κ1) is 18.1. The van der Waals surface area contributed by atoms with Crippen LogP contribution in [0.5, 0.6) is 5.75 Å². The summed E-state index contributed by atoms with van der Waals surface area (Å²) in [7, 11) is 1.67. The van der Waals surface area contributed by atoms with Gasteiger partial charge in [-0.1, -0.05) is 43.2 Å². The number of amides is 2. The summed E-state index contributed by atoms with van der Waals surface area (Å²) in [6.07, 6.45) is 5.46. The maximum atomic E-state index is 13.3. The number of carbonyl (C=O) groups is 1. The van der Waals surface area contributed by atoms with Gasteiger partial charge in [0.2, 0.25) is 0 Å². The Kier molecular flexibility index (Phi) is 4.66. The summed E-state index contributed by atoms with van der Waals surface area (Å²) in [5.74, 6) is 0.823. The molecular weight excluding hydrogens is 362 g/mol. The normalized spacial score (nSPS) is 19.3. The molecule has 0 unspecified atom stereocenters. The fourth-order valence-corrected chi connectivity index (χ4v) is 4.92. The largest absolute Gasteiger partial charge is 0.497 e. The number of ether oxygens (including phenoxy) is 1. The standard InChI is InChI=1S/C24H27N3O2/c1-29-18-12-10-16(11-13-18)23-22-20(19-8-4-5-9-21(19)26-22)14-15-27(23)24(28)25-17-6-2-3-7-17/h4-5,8-13,17,23,26H,2-3,6-7,14-15H2,1H3,(H,25,28)/t23-/m1/s1. The fourth-order valence-electron chi connectivity index (χ4n) is 4.92. The molecule has 1 aliphatic carbocycles. The van der Waals surface area contributed by atoms with Crippen LogP contribution in [0.15, 0.2) is 48.5 Å². The van der Waals surface area contributed by atoms with E-state index in [0.717, 1.165) is 41.8 Å². The molecule has 5 rings (SSSR count). The van der Waals surface area contributed by atoms with E-state index in [1.54, 1.807) is 7.11 Å². The van der Waals surface area contributed by atoms with Gasteiger partial charge in [-0.2, -0.15) is 0 Å². The second-order valence-electron chi connectivity index (χ2n) is 8.11. The third-order valence-corrected chi connectivity index (χ3v) is 6.41. The summed E-state index contributed by atoms with van der Waals surface area (Å²) in [5, 5.41) is 4.54. The topological polar surface area (TPSA) is 57.4 Å². The number of carbonyl (C=O) groups excluding carboxylic acids is 1. The molecule has 5 nitrogen and oxygen atoms in total. The minimum Gasteiger partial charge on any atom is -0.497 e. The Morgan fingerprint density at radius 3 is 2.62 bits per heavy atom. The van der Waals surface area contributed by atoms with Crippen molar-refractivity contribution in [1.29, 1.82) is 0 Å². The maximum absolute atomic E-state index is 13.3. The Balaban J connectivity index is 1.55. The summed E-state index contributed by atoms with van der Waals surface area (Å²) < 4.78 is 5.34. The number of urea groups is 1. The van der Waals surface area contributed by atoms with Crippen LogP contribution in [-0.4, -0.2) is 35.6 Å². The van der Waals surface area contributed by atoms with E-state index < -0.39 is 0 Å². The van der Waals surface area contributed by atoms with Crippen LogP contribution in [-0.2, 0) is 6.42 Å². The zero-order valence-corrected chi connectivity index (χ0v) is 16.8. The van der Waals surface area contributed by atoms with E-state index in [1.165, 1.54) is 23.8 Å². The molecule has 0 radical (unpaired) electrons. The molecule has 150 valence electrons. The smallest absolute Gasteiger partial charge is 0.318 e. The molecule has 5 heteroatoms. The molecule has 1 fully saturated rings. The Morgan fingerprint density at radius 2 is 1.86 bits per heavy atom. The predicted molar refractivity (Wildman–Crippen MR) is 114 cm³/mol. The van der Waals surface area contributed by atoms with Gasteiger partial charge in [0.25, 0.3) is 0 Å². The molecule has 3 aromatic rings. The molecule has 1 aliphatic heterocycles. The number of aromatic amines is 1. The lowest BCUT2D eigenvalue weighted by atomic mass is 9.92. The lowest BCUT2D eigenvalue weighted by Crippen LogP contribution is -2.48. The molecule has 0 spiro atoms. The van der Waals surface area contributed by atoms with Crippen molar-refractivity contribution in [3.05, 3.63) is 65.4 Å². The fraction of sp³-hybridized carbons (Fsp3) is 0.375. The lowest BCUT2D eigenvalue weighted by Gasteiger charge is -2.37. The average Bonchev–Trinajstić information content (AvgIpc) is 3.40. The molecule has 2 heterocycles. The first-order valence-electron chi connectivity index (χ1n) is 10.5. The quantitative estimate of drug-likeness (QED) is 0.677. The van der Waals surface area contributed by atoms with E-state index in [-0.39, 0.29) is 12.1 Å². The third-order valence-electron chi connectivity index (χ3n) is 6.41. The molecule has 1 aromatic heterocycles. The van der Waals surface area contributed by atoms with Gasteiger partial charge in [-0.15, -0.1) is 0 Å². The highest BCUT2D eigenvalue weighted by atomic mass is 16.5. The first-order valence-corrected chi connectivity index (χ1v) is 10.5. The summed E-state index contributed by atoms with van der Waals surface area (Å²) in [5.41, 5.74) is 4.68. The van der Waals surface area contributed by atoms with Crippen LogP contribution in [0.3, 0.4) is 0 Å². The molecule has 2 aliphatic rings. The summed E-state index contributed by atoms with van der Waals surface area (Å²) >= 11 is 0. The zero-order valence-electron chi connectivity index (χ0n) is 16.8. The van der Waals surface area contributed by atoms with Crippen molar-refractivity contribution in [2.24, 2.45) is 0 Å². The van der Waals surface area contributed by atoms with Crippen molar-refractivity contribution in [1.82, 2.24) is 15.2 Å². The van der Waals surface area contributed by atoms with Crippen LogP contribution >= 0.6 is 0 Å². The molecule has 1 atom stereocenters. The zero-order chi connectivity index (χ0) is 19.8. The number of benzene rings is 2. The number of hydrogen-bond donors (Lipinski definition) is 2. The average molecular weight is 389 g/mol. The highest BCUT2D eigenvalue weighted by Gasteiger charge is 2.35. The van der Waals surface area contributed by atoms with Gasteiger partial charge in [-0.3, -0.25) is 0 Å². The van der Waals surface area contributed by atoms with E-state index in [4.69, 9.17) is 4.74 Å². The van der Waals surface area contributed by atoms with Gasteiger partial charge in [-0.25, -0.2) is 4.79 Å². The van der Waals surface area contributed by atoms with Crippen LogP contribution in [0.2, 0.25) is 0 Å². The van der Waals surface area contributed by atoms with Crippen molar-refractivity contribution >= 4 is 16.9 Å². The molecule has 2 amide bonds. The molecule has 0 bridgehead atoms. The van der Waals surface area contributed by atoms with Crippen molar-refractivity contribution in [2.45, 2.75) is 44.2 Å². The number of H-pyrrole nitrogens is 1. The number of nitrogens with zero attached hydrogens (tertiary/aromatic N) is 1. The Morgan fingerprint density at radius 1 is 1.10 bits per heavy atom. The van der Waals surface area contributed by atoms with Gasteiger partial charge in [0, 0.05) is 29.2 Å². The number of para-hydroxylation sites is 1. The summed E-state index contributed by atoms with van der Waals surface area (Å²) in [4.78, 5) is 18.9. The van der Waals surface area contributed by atoms with E-state index in [1.807, 2.05) is 17.0 Å². The molecule has 2 aromatic carbocycles. The number of rotatable bonds is 3. The number of hydrogen-bond acceptors (Lipinski definition) is 2. The van der Waals surface area contributed by atoms with Gasteiger partial charge in [0.15, 0.2) is 0 Å². The van der Waals surface area contributed by atoms with Crippen molar-refractivity contribution < 1.29 is 9.53 Å². The van der Waals surface area contributed by atoms with Crippen molar-refractivity contribution in [3.63, 3.8) is 0 Å². The van der Waals surface area contributed by atoms with Gasteiger partial charge in [0.05, 0.1) is 13.2 Å². The Labute approximate surface area is 171 Å². The molecular formula is C24H27N3O2. The summed E-state index contributed by atoms with van der Waals surface area (Å²) in [6, 6.07) is 16.7. The Hall–Kier alpha value is -2.95. The first-order chi connectivity index (χ1) is 14.2. The van der Waals surface area contributed by atoms with Crippen LogP contribution in [0.4, 0.5) is 4.79 Å². The number of nitrogens with one attached hydrogen (secondary N) is 2. The van der Waals surface area contributed by atoms with Gasteiger partial charge in [0.1, 0.15) is 5.75 Å². The van der Waals surface area contributed by atoms with Crippen LogP contribution in [0.1, 0.15) is 48.5 Å². The van der Waals surface area contributed by atoms with Crippen molar-refractivity contribution in [2.75, 3.05) is 13.7 Å². The molecule has 29 heavy (non-hydrogen) atoms. The highest BCUT2D eigenvalue weighted by molar-refractivity contribution is 5.86. The number of methoxy groups -OCH3 is 1. The van der Waals surface area contributed by atoms with Gasteiger partial charge < -0.3 is 19.9 Å². The minimum absolute atomic E-state index is 0.0435. The van der Waals surface area contributed by atoms with E-state index in [0.29, 0.717) is 12.6 Å². The SMILES string of the molecule is COc1ccc([C@@H]2c3[nH]c4ccccc4c3CCN2C(=O)NC2CCCC2)cc1. The summed E-state index contributed by atoms with van der Waals surface area (Å²) in [6.45, 7) is 0.712. The molecule has 1 saturated carbocycles. The minimum atomic E-state index is -0.126. The number of aromatic nitrogens is 1. The van der Waals surface area contributed by atoms with Gasteiger partial charge in [-0.05, 0) is 48.6 Å². The predicted octanol–water partition coefficient (Wildman–Crippen LogP) is 4.78. The van der Waals surface area contributed by atoms with Crippen molar-refractivity contribution in [3.8, 4) is 5.75 Å². The molecule has 2 N–H and O–H groups in total. The van der Waals surface area contributed by atoms with Crippen LogP contribution in [0.25, 0.3) is 10.9 Å². The third kappa shape index (κ3) is 3.24. The molecule has 0 saturated heterocycles. The highest BCUT2D eigenvalue weighted by Crippen LogP contribution is 2.39. The van der Waals surface area contributed by atoms with E-state index in [9.17, 15) is 4.79 Å². The van der Waals surface area contributed by atoms with Crippen LogP contribution in [0, 0.1) is 0 Å².